The molecule has 0 bridgehead atoms. The fraction of sp³-hybridized carbons (Fsp3) is 0.417. The molecule has 86 valence electrons. The molecule has 1 amide bonds. The van der Waals surface area contributed by atoms with E-state index in [1.54, 1.807) is 0 Å². The topological polar surface area (TPSA) is 38.8 Å². The van der Waals surface area contributed by atoms with E-state index in [0.717, 1.165) is 18.4 Å². The van der Waals surface area contributed by atoms with Crippen LogP contribution < -0.4 is 0 Å². The number of ether oxygens (including phenoxy) is 1. The van der Waals surface area contributed by atoms with Crippen molar-refractivity contribution in [2.75, 3.05) is 7.11 Å². The lowest BCUT2D eigenvalue weighted by Gasteiger charge is -2.18. The zero-order valence-electron chi connectivity index (χ0n) is 9.26. The van der Waals surface area contributed by atoms with Crippen LogP contribution in [0.5, 0.6) is 0 Å². The van der Waals surface area contributed by atoms with Crippen molar-refractivity contribution in [2.45, 2.75) is 25.5 Å². The highest BCUT2D eigenvalue weighted by Gasteiger charge is 2.34. The van der Waals surface area contributed by atoms with Crippen LogP contribution in [0, 0.1) is 0 Å². The van der Waals surface area contributed by atoms with Crippen LogP contribution in [0.4, 0.5) is 4.79 Å². The van der Waals surface area contributed by atoms with E-state index in [4.69, 9.17) is 9.57 Å². The van der Waals surface area contributed by atoms with Gasteiger partial charge in [-0.3, -0.25) is 4.84 Å². The van der Waals surface area contributed by atoms with Crippen LogP contribution in [-0.2, 0) is 16.2 Å². The summed E-state index contributed by atoms with van der Waals surface area (Å²) in [6, 6.07) is 9.80. The molecule has 0 saturated heterocycles. The van der Waals surface area contributed by atoms with Gasteiger partial charge in [-0.25, -0.2) is 4.79 Å². The van der Waals surface area contributed by atoms with Gasteiger partial charge in [0, 0.05) is 0 Å². The largest absolute Gasteiger partial charge is 0.443 e. The molecule has 0 aromatic heterocycles. The van der Waals surface area contributed by atoms with E-state index in [2.05, 4.69) is 0 Å². The fourth-order valence-electron chi connectivity index (χ4n) is 1.46. The average molecular weight is 221 g/mol. The van der Waals surface area contributed by atoms with E-state index in [9.17, 15) is 4.79 Å². The van der Waals surface area contributed by atoms with Crippen LogP contribution in [0.1, 0.15) is 18.4 Å². The second-order valence-electron chi connectivity index (χ2n) is 3.78. The second kappa shape index (κ2) is 4.99. The standard InChI is InChI=1S/C12H15NO3/c1-15-13(11-7-8-11)12(14)16-9-10-5-3-2-4-6-10/h2-6,11H,7-9H2,1H3. The number of hydrogen-bond acceptors (Lipinski definition) is 3. The van der Waals surface area contributed by atoms with Gasteiger partial charge in [-0.05, 0) is 18.4 Å². The van der Waals surface area contributed by atoms with Crippen molar-refractivity contribution in [3.8, 4) is 0 Å². The Morgan fingerprint density at radius 3 is 2.62 bits per heavy atom. The summed E-state index contributed by atoms with van der Waals surface area (Å²) in [5.41, 5.74) is 0.975. The minimum atomic E-state index is -0.408. The van der Waals surface area contributed by atoms with Gasteiger partial charge in [-0.2, -0.15) is 5.06 Å². The Bertz CT molecular complexity index is 349. The van der Waals surface area contributed by atoms with E-state index < -0.39 is 6.09 Å². The van der Waals surface area contributed by atoms with Gasteiger partial charge in [-0.15, -0.1) is 0 Å². The number of hydroxylamine groups is 2. The van der Waals surface area contributed by atoms with Crippen molar-refractivity contribution in [3.63, 3.8) is 0 Å². The highest BCUT2D eigenvalue weighted by atomic mass is 16.7. The molecule has 16 heavy (non-hydrogen) atoms. The van der Waals surface area contributed by atoms with E-state index in [-0.39, 0.29) is 12.6 Å². The van der Waals surface area contributed by atoms with Gasteiger partial charge in [0.25, 0.3) is 0 Å². The van der Waals surface area contributed by atoms with Crippen molar-refractivity contribution >= 4 is 6.09 Å². The first-order chi connectivity index (χ1) is 7.81. The first-order valence-corrected chi connectivity index (χ1v) is 5.35. The summed E-state index contributed by atoms with van der Waals surface area (Å²) < 4.78 is 5.14. The molecular formula is C12H15NO3. The molecule has 0 atom stereocenters. The van der Waals surface area contributed by atoms with Crippen LogP contribution in [0.25, 0.3) is 0 Å². The van der Waals surface area contributed by atoms with E-state index in [0.29, 0.717) is 0 Å². The molecule has 0 radical (unpaired) electrons. The summed E-state index contributed by atoms with van der Waals surface area (Å²) in [6.07, 6.45) is 1.58. The lowest BCUT2D eigenvalue weighted by Crippen LogP contribution is -2.32. The second-order valence-corrected chi connectivity index (χ2v) is 3.78. The Hall–Kier alpha value is -1.55. The Morgan fingerprint density at radius 1 is 1.38 bits per heavy atom. The third-order valence-corrected chi connectivity index (χ3v) is 2.46. The minimum absolute atomic E-state index is 0.202. The molecule has 0 heterocycles. The number of nitrogens with zero attached hydrogens (tertiary/aromatic N) is 1. The van der Waals surface area contributed by atoms with Gasteiger partial charge in [0.15, 0.2) is 0 Å². The molecule has 4 nitrogen and oxygen atoms in total. The van der Waals surface area contributed by atoms with Crippen LogP contribution >= 0.6 is 0 Å². The highest BCUT2D eigenvalue weighted by molar-refractivity contribution is 5.67. The van der Waals surface area contributed by atoms with E-state index >= 15 is 0 Å². The predicted molar refractivity (Wildman–Crippen MR) is 58.5 cm³/mol. The minimum Gasteiger partial charge on any atom is -0.443 e. The maximum atomic E-state index is 11.6. The number of benzene rings is 1. The fourth-order valence-corrected chi connectivity index (χ4v) is 1.46. The average Bonchev–Trinajstić information content (AvgIpc) is 3.13. The molecule has 1 saturated carbocycles. The van der Waals surface area contributed by atoms with Crippen molar-refractivity contribution < 1.29 is 14.4 Å². The third kappa shape index (κ3) is 2.73. The molecule has 1 aromatic carbocycles. The molecule has 4 heteroatoms. The molecule has 0 N–H and O–H groups in total. The lowest BCUT2D eigenvalue weighted by atomic mass is 10.2. The SMILES string of the molecule is CON(C(=O)OCc1ccccc1)C1CC1. The third-order valence-electron chi connectivity index (χ3n) is 2.46. The summed E-state index contributed by atoms with van der Waals surface area (Å²) in [4.78, 5) is 16.6. The quantitative estimate of drug-likeness (QED) is 0.732. The first kappa shape index (κ1) is 11.0. The van der Waals surface area contributed by atoms with Gasteiger partial charge in [-0.1, -0.05) is 30.3 Å². The summed E-state index contributed by atoms with van der Waals surface area (Å²) in [5, 5.41) is 1.31. The summed E-state index contributed by atoms with van der Waals surface area (Å²) in [6.45, 7) is 0.284. The summed E-state index contributed by atoms with van der Waals surface area (Å²) in [7, 11) is 1.49. The van der Waals surface area contributed by atoms with Crippen LogP contribution in [0.2, 0.25) is 0 Å². The van der Waals surface area contributed by atoms with E-state index in [1.807, 2.05) is 30.3 Å². The normalized spacial score (nSPS) is 14.6. The Kier molecular flexibility index (Phi) is 3.41. The summed E-state index contributed by atoms with van der Waals surface area (Å²) in [5.74, 6) is 0. The number of hydrogen-bond donors (Lipinski definition) is 0. The molecule has 0 spiro atoms. The number of carbonyl (C=O) groups is 1. The molecule has 0 aliphatic heterocycles. The zero-order chi connectivity index (χ0) is 11.4. The Balaban J connectivity index is 1.83. The molecular weight excluding hydrogens is 206 g/mol. The van der Waals surface area contributed by atoms with Crippen LogP contribution in [-0.4, -0.2) is 24.3 Å². The molecule has 1 aliphatic rings. The maximum absolute atomic E-state index is 11.6. The van der Waals surface area contributed by atoms with Crippen molar-refractivity contribution in [2.24, 2.45) is 0 Å². The van der Waals surface area contributed by atoms with Crippen molar-refractivity contribution in [1.82, 2.24) is 5.06 Å². The Morgan fingerprint density at radius 2 is 2.06 bits per heavy atom. The Labute approximate surface area is 94.7 Å². The van der Waals surface area contributed by atoms with Crippen LogP contribution in [0.15, 0.2) is 30.3 Å². The molecule has 1 fully saturated rings. The van der Waals surface area contributed by atoms with Crippen molar-refractivity contribution in [3.05, 3.63) is 35.9 Å². The molecule has 2 rings (SSSR count). The number of amides is 1. The monoisotopic (exact) mass is 221 g/mol. The number of rotatable bonds is 4. The van der Waals surface area contributed by atoms with Gasteiger partial charge < -0.3 is 4.74 Å². The highest BCUT2D eigenvalue weighted by Crippen LogP contribution is 2.27. The maximum Gasteiger partial charge on any atom is 0.434 e. The molecule has 1 aromatic rings. The van der Waals surface area contributed by atoms with Gasteiger partial charge in [0.2, 0.25) is 0 Å². The van der Waals surface area contributed by atoms with Crippen molar-refractivity contribution in [1.29, 1.82) is 0 Å². The lowest BCUT2D eigenvalue weighted by molar-refractivity contribution is -0.117. The first-order valence-electron chi connectivity index (χ1n) is 5.35. The zero-order valence-corrected chi connectivity index (χ0v) is 9.26. The molecule has 1 aliphatic carbocycles. The van der Waals surface area contributed by atoms with Gasteiger partial charge in [0.1, 0.15) is 6.61 Å². The van der Waals surface area contributed by atoms with Gasteiger partial charge in [0.05, 0.1) is 13.2 Å². The smallest absolute Gasteiger partial charge is 0.434 e. The predicted octanol–water partition coefficient (Wildman–Crippen LogP) is 2.35. The van der Waals surface area contributed by atoms with Crippen LogP contribution in [0.3, 0.4) is 0 Å². The summed E-state index contributed by atoms with van der Waals surface area (Å²) >= 11 is 0. The molecule has 0 unspecified atom stereocenters. The number of carbonyl (C=O) groups excluding carboxylic acids is 1. The van der Waals surface area contributed by atoms with Gasteiger partial charge >= 0.3 is 6.09 Å². The van der Waals surface area contributed by atoms with E-state index in [1.165, 1.54) is 12.2 Å².